The van der Waals surface area contributed by atoms with E-state index in [-0.39, 0.29) is 0 Å². The molecule has 18 heavy (non-hydrogen) atoms. The van der Waals surface area contributed by atoms with E-state index in [0.29, 0.717) is 16.6 Å². The van der Waals surface area contributed by atoms with Gasteiger partial charge in [0.1, 0.15) is 0 Å². The van der Waals surface area contributed by atoms with Crippen LogP contribution in [-0.2, 0) is 6.54 Å². The Morgan fingerprint density at radius 2 is 1.67 bits per heavy atom. The fourth-order valence-corrected chi connectivity index (χ4v) is 3.39. The maximum absolute atomic E-state index is 5.99. The first-order chi connectivity index (χ1) is 8.60. The van der Waals surface area contributed by atoms with Crippen LogP contribution in [0.15, 0.2) is 50.7 Å². The summed E-state index contributed by atoms with van der Waals surface area (Å²) in [7, 11) is 0. The van der Waals surface area contributed by atoms with Gasteiger partial charge in [-0.05, 0) is 35.9 Å². The van der Waals surface area contributed by atoms with Crippen molar-refractivity contribution in [1.82, 2.24) is 0 Å². The Balaban J connectivity index is 2.23. The number of hydrogen-bond donors (Lipinski definition) is 1. The largest absolute Gasteiger partial charge is 0.326 e. The summed E-state index contributed by atoms with van der Waals surface area (Å²) in [5.41, 5.74) is 6.71. The summed E-state index contributed by atoms with van der Waals surface area (Å²) in [4.78, 5) is 2.18. The fourth-order valence-electron chi connectivity index (χ4n) is 1.43. The van der Waals surface area contributed by atoms with Crippen LogP contribution in [0, 0.1) is 0 Å². The minimum absolute atomic E-state index is 0.526. The molecule has 94 valence electrons. The lowest BCUT2D eigenvalue weighted by Crippen LogP contribution is -1.96. The predicted octanol–water partition coefficient (Wildman–Crippen LogP) is 5.37. The molecule has 2 aromatic rings. The van der Waals surface area contributed by atoms with Gasteiger partial charge >= 0.3 is 0 Å². The second kappa shape index (κ2) is 6.31. The first-order valence-corrected chi connectivity index (χ1v) is 7.58. The van der Waals surface area contributed by atoms with E-state index in [4.69, 9.17) is 28.9 Å². The minimum atomic E-state index is 0.526. The quantitative estimate of drug-likeness (QED) is 0.794. The number of hydrogen-bond acceptors (Lipinski definition) is 2. The zero-order chi connectivity index (χ0) is 13.1. The van der Waals surface area contributed by atoms with Gasteiger partial charge in [0.05, 0.1) is 10.0 Å². The molecule has 0 bridgehead atoms. The monoisotopic (exact) mass is 361 g/mol. The van der Waals surface area contributed by atoms with E-state index in [1.165, 1.54) is 0 Å². The zero-order valence-electron chi connectivity index (χ0n) is 9.29. The standard InChI is InChI=1S/C13H10BrCl2NS/c14-11-5-9(2-1-8(11)7-17)18-10-3-4-12(15)13(16)6-10/h1-6H,7,17H2. The lowest BCUT2D eigenvalue weighted by molar-refractivity contribution is 1.05. The van der Waals surface area contributed by atoms with Crippen molar-refractivity contribution in [3.05, 3.63) is 56.5 Å². The van der Waals surface area contributed by atoms with Crippen LogP contribution in [-0.4, -0.2) is 0 Å². The molecule has 0 unspecified atom stereocenters. The van der Waals surface area contributed by atoms with Gasteiger partial charge < -0.3 is 5.73 Å². The van der Waals surface area contributed by atoms with Crippen molar-refractivity contribution < 1.29 is 0 Å². The van der Waals surface area contributed by atoms with Crippen molar-refractivity contribution >= 4 is 50.9 Å². The molecule has 2 rings (SSSR count). The van der Waals surface area contributed by atoms with Crippen LogP contribution in [0.2, 0.25) is 10.0 Å². The molecule has 0 saturated heterocycles. The Morgan fingerprint density at radius 3 is 2.28 bits per heavy atom. The molecule has 0 spiro atoms. The van der Waals surface area contributed by atoms with E-state index >= 15 is 0 Å². The summed E-state index contributed by atoms with van der Waals surface area (Å²) < 4.78 is 1.02. The average Bonchev–Trinajstić information content (AvgIpc) is 2.34. The highest BCUT2D eigenvalue weighted by Gasteiger charge is 2.04. The smallest absolute Gasteiger partial charge is 0.0603 e. The van der Waals surface area contributed by atoms with E-state index in [0.717, 1.165) is 19.8 Å². The van der Waals surface area contributed by atoms with Crippen molar-refractivity contribution in [2.75, 3.05) is 0 Å². The van der Waals surface area contributed by atoms with Crippen LogP contribution in [0.25, 0.3) is 0 Å². The maximum atomic E-state index is 5.99. The maximum Gasteiger partial charge on any atom is 0.0603 e. The number of rotatable bonds is 3. The molecule has 0 aliphatic rings. The summed E-state index contributed by atoms with van der Waals surface area (Å²) in [6.45, 7) is 0.526. The third-order valence-electron chi connectivity index (χ3n) is 2.37. The van der Waals surface area contributed by atoms with Gasteiger partial charge in [0.2, 0.25) is 0 Å². The number of benzene rings is 2. The van der Waals surface area contributed by atoms with Gasteiger partial charge in [-0.1, -0.05) is 57.0 Å². The second-order valence-electron chi connectivity index (χ2n) is 3.64. The van der Waals surface area contributed by atoms with Crippen LogP contribution in [0.5, 0.6) is 0 Å². The van der Waals surface area contributed by atoms with Crippen molar-refractivity contribution in [1.29, 1.82) is 0 Å². The Morgan fingerprint density at radius 1 is 1.00 bits per heavy atom. The second-order valence-corrected chi connectivity index (χ2v) is 6.45. The van der Waals surface area contributed by atoms with Crippen molar-refractivity contribution in [2.24, 2.45) is 5.73 Å². The van der Waals surface area contributed by atoms with Crippen molar-refractivity contribution in [3.63, 3.8) is 0 Å². The summed E-state index contributed by atoms with van der Waals surface area (Å²) in [5.74, 6) is 0. The van der Waals surface area contributed by atoms with E-state index in [2.05, 4.69) is 22.0 Å². The lowest BCUT2D eigenvalue weighted by atomic mass is 10.2. The number of nitrogens with two attached hydrogens (primary N) is 1. The molecular weight excluding hydrogens is 353 g/mol. The molecule has 0 saturated carbocycles. The van der Waals surface area contributed by atoms with Gasteiger partial charge in [-0.25, -0.2) is 0 Å². The highest BCUT2D eigenvalue weighted by atomic mass is 79.9. The molecule has 0 aliphatic carbocycles. The van der Waals surface area contributed by atoms with Crippen LogP contribution in [0.3, 0.4) is 0 Å². The molecule has 2 N–H and O–H groups in total. The third-order valence-corrected chi connectivity index (χ3v) is 4.83. The molecular formula is C13H10BrCl2NS. The Bertz CT molecular complexity index is 575. The summed E-state index contributed by atoms with van der Waals surface area (Å²) >= 11 is 17.0. The highest BCUT2D eigenvalue weighted by Crippen LogP contribution is 2.34. The number of halogens is 3. The molecule has 0 heterocycles. The summed E-state index contributed by atoms with van der Waals surface area (Å²) in [6.07, 6.45) is 0. The van der Waals surface area contributed by atoms with Gasteiger partial charge in [-0.3, -0.25) is 0 Å². The molecule has 0 radical (unpaired) electrons. The van der Waals surface area contributed by atoms with Gasteiger partial charge in [-0.2, -0.15) is 0 Å². The average molecular weight is 363 g/mol. The molecule has 0 aliphatic heterocycles. The molecule has 1 nitrogen and oxygen atoms in total. The summed E-state index contributed by atoms with van der Waals surface area (Å²) in [6, 6.07) is 11.7. The molecule has 0 aromatic heterocycles. The van der Waals surface area contributed by atoms with Gasteiger partial charge in [0.25, 0.3) is 0 Å². The molecule has 0 amide bonds. The van der Waals surface area contributed by atoms with E-state index in [9.17, 15) is 0 Å². The first kappa shape index (κ1) is 14.2. The Hall–Kier alpha value is -0.190. The molecule has 2 aromatic carbocycles. The van der Waals surface area contributed by atoms with E-state index < -0.39 is 0 Å². The normalized spacial score (nSPS) is 10.7. The summed E-state index contributed by atoms with van der Waals surface area (Å²) in [5, 5.41) is 1.14. The van der Waals surface area contributed by atoms with Crippen LogP contribution < -0.4 is 5.73 Å². The lowest BCUT2D eigenvalue weighted by Gasteiger charge is -2.06. The highest BCUT2D eigenvalue weighted by molar-refractivity contribution is 9.10. The molecule has 0 fully saturated rings. The third kappa shape index (κ3) is 3.43. The zero-order valence-corrected chi connectivity index (χ0v) is 13.2. The first-order valence-electron chi connectivity index (χ1n) is 5.21. The SMILES string of the molecule is NCc1ccc(Sc2ccc(Cl)c(Cl)c2)cc1Br. The molecule has 0 atom stereocenters. The van der Waals surface area contributed by atoms with Crippen LogP contribution in [0.4, 0.5) is 0 Å². The minimum Gasteiger partial charge on any atom is -0.326 e. The van der Waals surface area contributed by atoms with Gasteiger partial charge in [0.15, 0.2) is 0 Å². The van der Waals surface area contributed by atoms with Gasteiger partial charge in [0, 0.05) is 20.8 Å². The van der Waals surface area contributed by atoms with E-state index in [1.807, 2.05) is 24.3 Å². The fraction of sp³-hybridized carbons (Fsp3) is 0.0769. The van der Waals surface area contributed by atoms with Crippen LogP contribution >= 0.6 is 50.9 Å². The Kier molecular flexibility index (Phi) is 4.98. The molecule has 5 heteroatoms. The van der Waals surface area contributed by atoms with Crippen molar-refractivity contribution in [3.8, 4) is 0 Å². The predicted molar refractivity (Wildman–Crippen MR) is 82.6 cm³/mol. The van der Waals surface area contributed by atoms with Gasteiger partial charge in [-0.15, -0.1) is 0 Å². The van der Waals surface area contributed by atoms with E-state index in [1.54, 1.807) is 17.8 Å². The Labute approximate surface area is 129 Å². The van der Waals surface area contributed by atoms with Crippen LogP contribution in [0.1, 0.15) is 5.56 Å². The topological polar surface area (TPSA) is 26.0 Å². The van der Waals surface area contributed by atoms with Crippen molar-refractivity contribution in [2.45, 2.75) is 16.3 Å².